The molecule has 3 rings (SSSR count). The van der Waals surface area contributed by atoms with Crippen molar-refractivity contribution < 1.29 is 4.39 Å². The maximum atomic E-state index is 14.9. The van der Waals surface area contributed by atoms with Gasteiger partial charge >= 0.3 is 0 Å². The maximum Gasteiger partial charge on any atom is 0.128 e. The number of hydrogen-bond acceptors (Lipinski definition) is 2. The first-order valence-electron chi connectivity index (χ1n) is 11.6. The van der Waals surface area contributed by atoms with Crippen LogP contribution in [0.5, 0.6) is 0 Å². The van der Waals surface area contributed by atoms with Gasteiger partial charge in [0.15, 0.2) is 0 Å². The first-order valence-corrected chi connectivity index (χ1v) is 11.6. The first kappa shape index (κ1) is 22.5. The second-order valence-electron chi connectivity index (χ2n) is 8.69. The molecule has 30 heavy (non-hydrogen) atoms. The highest BCUT2D eigenvalue weighted by Gasteiger charge is 2.43. The Morgan fingerprint density at radius 3 is 2.33 bits per heavy atom. The van der Waals surface area contributed by atoms with E-state index >= 15 is 0 Å². The molecule has 1 aliphatic rings. The maximum absolute atomic E-state index is 14.9. The summed E-state index contributed by atoms with van der Waals surface area (Å²) in [5.74, 6) is 0.0248. The lowest BCUT2D eigenvalue weighted by atomic mass is 9.67. The second-order valence-corrected chi connectivity index (χ2v) is 8.69. The van der Waals surface area contributed by atoms with E-state index < -0.39 is 5.41 Å². The topological polar surface area (TPSA) is 27.0 Å². The molecule has 0 N–H and O–H groups in total. The molecule has 1 fully saturated rings. The fourth-order valence-corrected chi connectivity index (χ4v) is 5.36. The summed E-state index contributed by atoms with van der Waals surface area (Å²) in [5, 5.41) is 10.4. The van der Waals surface area contributed by atoms with Crippen LogP contribution < -0.4 is 0 Å². The molecule has 0 radical (unpaired) electrons. The standard InChI is InChI=1S/C27H35FN2/c1-3-24(30(4-2)20-22-12-6-5-7-13-22)18-19-27(21-29,23-14-8-9-15-23)25-16-10-11-17-26(25)28/h5-7,10-13,16-17,23-24H,3-4,8-9,14-15,18-20H2,1-2H3. The van der Waals surface area contributed by atoms with Gasteiger partial charge in [-0.05, 0) is 56.2 Å². The van der Waals surface area contributed by atoms with Gasteiger partial charge in [0.25, 0.3) is 0 Å². The molecule has 2 nitrogen and oxygen atoms in total. The van der Waals surface area contributed by atoms with Crippen LogP contribution in [0.1, 0.15) is 69.9 Å². The summed E-state index contributed by atoms with van der Waals surface area (Å²) in [6.45, 7) is 6.32. The summed E-state index contributed by atoms with van der Waals surface area (Å²) in [4.78, 5) is 2.51. The lowest BCUT2D eigenvalue weighted by molar-refractivity contribution is 0.165. The van der Waals surface area contributed by atoms with Crippen molar-refractivity contribution in [1.29, 1.82) is 5.26 Å². The number of nitriles is 1. The van der Waals surface area contributed by atoms with E-state index in [9.17, 15) is 9.65 Å². The molecular weight excluding hydrogens is 371 g/mol. The third-order valence-corrected chi connectivity index (χ3v) is 7.10. The number of benzene rings is 2. The Bertz CT molecular complexity index is 822. The molecule has 0 heterocycles. The van der Waals surface area contributed by atoms with Crippen molar-refractivity contribution in [3.05, 3.63) is 71.5 Å². The molecule has 0 aromatic heterocycles. The van der Waals surface area contributed by atoms with E-state index in [0.717, 1.165) is 58.0 Å². The van der Waals surface area contributed by atoms with Crippen molar-refractivity contribution in [1.82, 2.24) is 4.90 Å². The van der Waals surface area contributed by atoms with Gasteiger partial charge in [-0.3, -0.25) is 4.90 Å². The Balaban J connectivity index is 1.83. The molecule has 0 bridgehead atoms. The highest BCUT2D eigenvalue weighted by molar-refractivity contribution is 5.35. The Kier molecular flexibility index (Phi) is 8.05. The largest absolute Gasteiger partial charge is 0.296 e. The van der Waals surface area contributed by atoms with Crippen molar-refractivity contribution >= 4 is 0 Å². The average molecular weight is 407 g/mol. The normalized spacial score (nSPS) is 17.6. The van der Waals surface area contributed by atoms with Crippen LogP contribution >= 0.6 is 0 Å². The molecule has 1 saturated carbocycles. The Labute approximate surface area is 181 Å². The third-order valence-electron chi connectivity index (χ3n) is 7.10. The van der Waals surface area contributed by atoms with E-state index in [1.807, 2.05) is 18.2 Å². The van der Waals surface area contributed by atoms with Gasteiger partial charge in [0.05, 0.1) is 11.5 Å². The summed E-state index contributed by atoms with van der Waals surface area (Å²) in [5.41, 5.74) is 1.20. The highest BCUT2D eigenvalue weighted by atomic mass is 19.1. The Morgan fingerprint density at radius 1 is 1.07 bits per heavy atom. The summed E-state index contributed by atoms with van der Waals surface area (Å²) in [6.07, 6.45) is 7.02. The molecular formula is C27H35FN2. The predicted octanol–water partition coefficient (Wildman–Crippen LogP) is 6.86. The van der Waals surface area contributed by atoms with Gasteiger partial charge < -0.3 is 0 Å². The predicted molar refractivity (Wildman–Crippen MR) is 121 cm³/mol. The Hall–Kier alpha value is -2.18. The van der Waals surface area contributed by atoms with Crippen LogP contribution in [0.3, 0.4) is 0 Å². The van der Waals surface area contributed by atoms with Crippen molar-refractivity contribution in [3.63, 3.8) is 0 Å². The summed E-state index contributed by atoms with van der Waals surface area (Å²) in [6, 6.07) is 20.6. The molecule has 1 aliphatic carbocycles. The monoisotopic (exact) mass is 406 g/mol. The lowest BCUT2D eigenvalue weighted by Crippen LogP contribution is -2.39. The zero-order valence-electron chi connectivity index (χ0n) is 18.5. The van der Waals surface area contributed by atoms with Gasteiger partial charge in [-0.2, -0.15) is 5.26 Å². The SMILES string of the molecule is CCC(CCC(C#N)(c1ccccc1F)C1CCCC1)N(CC)Cc1ccccc1. The van der Waals surface area contributed by atoms with E-state index in [0.29, 0.717) is 11.6 Å². The zero-order chi connectivity index (χ0) is 21.4. The summed E-state index contributed by atoms with van der Waals surface area (Å²) >= 11 is 0. The van der Waals surface area contributed by atoms with Crippen LogP contribution in [0.4, 0.5) is 4.39 Å². The number of halogens is 1. The van der Waals surface area contributed by atoms with Gasteiger partial charge in [-0.25, -0.2) is 4.39 Å². The van der Waals surface area contributed by atoms with Gasteiger partial charge in [0.1, 0.15) is 5.82 Å². The molecule has 2 atom stereocenters. The fourth-order valence-electron chi connectivity index (χ4n) is 5.36. The molecule has 0 saturated heterocycles. The number of nitrogens with zero attached hydrogens (tertiary/aromatic N) is 2. The molecule has 2 unspecified atom stereocenters. The van der Waals surface area contributed by atoms with Crippen LogP contribution in [0, 0.1) is 23.1 Å². The second kappa shape index (κ2) is 10.7. The van der Waals surface area contributed by atoms with Crippen molar-refractivity contribution in [3.8, 4) is 6.07 Å². The van der Waals surface area contributed by atoms with E-state index in [1.54, 1.807) is 6.07 Å². The minimum Gasteiger partial charge on any atom is -0.296 e. The molecule has 3 heteroatoms. The van der Waals surface area contributed by atoms with E-state index in [4.69, 9.17) is 0 Å². The van der Waals surface area contributed by atoms with Gasteiger partial charge in [0.2, 0.25) is 0 Å². The minimum atomic E-state index is -0.721. The van der Waals surface area contributed by atoms with Gasteiger partial charge in [-0.1, -0.05) is 75.2 Å². The molecule has 2 aromatic rings. The van der Waals surface area contributed by atoms with Crippen LogP contribution in [-0.4, -0.2) is 17.5 Å². The molecule has 160 valence electrons. The summed E-state index contributed by atoms with van der Waals surface area (Å²) in [7, 11) is 0. The van der Waals surface area contributed by atoms with E-state index in [2.05, 4.69) is 49.1 Å². The van der Waals surface area contributed by atoms with E-state index in [1.165, 1.54) is 11.6 Å². The van der Waals surface area contributed by atoms with Crippen molar-refractivity contribution in [2.45, 2.75) is 76.8 Å². The first-order chi connectivity index (χ1) is 14.6. The smallest absolute Gasteiger partial charge is 0.128 e. The lowest BCUT2D eigenvalue weighted by Gasteiger charge is -2.37. The van der Waals surface area contributed by atoms with E-state index in [-0.39, 0.29) is 11.7 Å². The van der Waals surface area contributed by atoms with Crippen LogP contribution in [0.2, 0.25) is 0 Å². The quantitative estimate of drug-likeness (QED) is 0.431. The number of rotatable bonds is 10. The Morgan fingerprint density at radius 2 is 1.73 bits per heavy atom. The highest BCUT2D eigenvalue weighted by Crippen LogP contribution is 2.46. The average Bonchev–Trinajstić information content (AvgIpc) is 3.33. The van der Waals surface area contributed by atoms with Crippen molar-refractivity contribution in [2.75, 3.05) is 6.54 Å². The van der Waals surface area contributed by atoms with Crippen LogP contribution in [0.25, 0.3) is 0 Å². The molecule has 2 aromatic carbocycles. The molecule has 0 aliphatic heterocycles. The molecule has 0 amide bonds. The third kappa shape index (κ3) is 4.93. The minimum absolute atomic E-state index is 0.226. The number of hydrogen-bond donors (Lipinski definition) is 0. The van der Waals surface area contributed by atoms with Crippen LogP contribution in [0.15, 0.2) is 54.6 Å². The van der Waals surface area contributed by atoms with Crippen molar-refractivity contribution in [2.24, 2.45) is 5.92 Å². The van der Waals surface area contributed by atoms with Gasteiger partial charge in [-0.15, -0.1) is 0 Å². The molecule has 0 spiro atoms. The van der Waals surface area contributed by atoms with Gasteiger partial charge in [0, 0.05) is 18.2 Å². The zero-order valence-corrected chi connectivity index (χ0v) is 18.5. The van der Waals surface area contributed by atoms with Crippen LogP contribution in [-0.2, 0) is 12.0 Å². The summed E-state index contributed by atoms with van der Waals surface area (Å²) < 4.78 is 14.9. The fraction of sp³-hybridized carbons (Fsp3) is 0.519.